The number of fused-ring (bicyclic) bond motifs is 1. The van der Waals surface area contributed by atoms with Crippen molar-refractivity contribution in [1.29, 1.82) is 0 Å². The van der Waals surface area contributed by atoms with Gasteiger partial charge in [0, 0.05) is 12.4 Å². The van der Waals surface area contributed by atoms with E-state index in [0.717, 1.165) is 15.6 Å². The molecule has 0 spiro atoms. The quantitative estimate of drug-likeness (QED) is 0.690. The van der Waals surface area contributed by atoms with Crippen LogP contribution in [-0.4, -0.2) is 14.8 Å². The van der Waals surface area contributed by atoms with E-state index in [-0.39, 0.29) is 5.56 Å². The summed E-state index contributed by atoms with van der Waals surface area (Å²) in [5, 5.41) is 6.81. The number of thiophene rings is 1. The van der Waals surface area contributed by atoms with Crippen LogP contribution >= 0.6 is 11.3 Å². The molecule has 3 aromatic heterocycles. The highest BCUT2D eigenvalue weighted by Gasteiger charge is 2.05. The first-order chi connectivity index (χ1) is 8.34. The lowest BCUT2D eigenvalue weighted by Crippen LogP contribution is -2.22. The fourth-order valence-electron chi connectivity index (χ4n) is 1.69. The van der Waals surface area contributed by atoms with Gasteiger partial charge in [-0.3, -0.25) is 9.78 Å². The van der Waals surface area contributed by atoms with E-state index < -0.39 is 0 Å². The minimum atomic E-state index is -0.0411. The van der Waals surface area contributed by atoms with Crippen LogP contribution in [0.15, 0.2) is 47.0 Å². The maximum atomic E-state index is 12.1. The lowest BCUT2D eigenvalue weighted by molar-refractivity contribution is 0.647. The highest BCUT2D eigenvalue weighted by molar-refractivity contribution is 7.17. The Morgan fingerprint density at radius 1 is 1.24 bits per heavy atom. The van der Waals surface area contributed by atoms with E-state index in [1.807, 2.05) is 23.6 Å². The van der Waals surface area contributed by atoms with Gasteiger partial charge in [-0.05, 0) is 29.1 Å². The smallest absolute Gasteiger partial charge is 0.267 e. The molecule has 0 aliphatic rings. The molecule has 0 saturated carbocycles. The van der Waals surface area contributed by atoms with Crippen LogP contribution in [-0.2, 0) is 6.54 Å². The molecule has 0 unspecified atom stereocenters. The second kappa shape index (κ2) is 4.10. The predicted molar refractivity (Wildman–Crippen MR) is 67.2 cm³/mol. The van der Waals surface area contributed by atoms with E-state index in [2.05, 4.69) is 10.1 Å². The molecule has 5 heteroatoms. The maximum absolute atomic E-state index is 12.1. The van der Waals surface area contributed by atoms with Crippen LogP contribution in [0, 0.1) is 0 Å². The van der Waals surface area contributed by atoms with E-state index in [1.54, 1.807) is 18.6 Å². The maximum Gasteiger partial charge on any atom is 0.275 e. The van der Waals surface area contributed by atoms with Gasteiger partial charge in [-0.15, -0.1) is 11.3 Å². The molecule has 0 atom stereocenters. The summed E-state index contributed by atoms with van der Waals surface area (Å²) in [7, 11) is 0. The van der Waals surface area contributed by atoms with Gasteiger partial charge in [0.25, 0.3) is 5.56 Å². The number of aromatic nitrogens is 3. The average molecular weight is 243 g/mol. The highest BCUT2D eigenvalue weighted by Crippen LogP contribution is 2.15. The molecule has 4 nitrogen and oxygen atoms in total. The summed E-state index contributed by atoms with van der Waals surface area (Å²) in [6.45, 7) is 0.479. The number of rotatable bonds is 2. The first-order valence-corrected chi connectivity index (χ1v) is 6.05. The Morgan fingerprint density at radius 2 is 2.06 bits per heavy atom. The summed E-state index contributed by atoms with van der Waals surface area (Å²) < 4.78 is 2.41. The van der Waals surface area contributed by atoms with Crippen molar-refractivity contribution in [3.8, 4) is 0 Å². The van der Waals surface area contributed by atoms with Crippen molar-refractivity contribution in [3.05, 3.63) is 58.1 Å². The van der Waals surface area contributed by atoms with E-state index in [0.29, 0.717) is 6.54 Å². The van der Waals surface area contributed by atoms with Gasteiger partial charge in [-0.25, -0.2) is 4.68 Å². The van der Waals surface area contributed by atoms with Gasteiger partial charge >= 0.3 is 0 Å². The molecular formula is C12H9N3OS. The SMILES string of the molecule is O=c1c2ccsc2cnn1Cc1ccncc1. The van der Waals surface area contributed by atoms with E-state index in [1.165, 1.54) is 16.0 Å². The summed E-state index contributed by atoms with van der Waals surface area (Å²) in [4.78, 5) is 16.0. The first kappa shape index (κ1) is 10.2. The van der Waals surface area contributed by atoms with Gasteiger partial charge in [-0.2, -0.15) is 5.10 Å². The van der Waals surface area contributed by atoms with Crippen molar-refractivity contribution < 1.29 is 0 Å². The molecule has 0 amide bonds. The Bertz CT molecular complexity index is 702. The zero-order valence-corrected chi connectivity index (χ0v) is 9.72. The van der Waals surface area contributed by atoms with Crippen molar-refractivity contribution in [2.75, 3.05) is 0 Å². The predicted octanol–water partition coefficient (Wildman–Crippen LogP) is 1.90. The molecule has 3 heterocycles. The number of hydrogen-bond donors (Lipinski definition) is 0. The van der Waals surface area contributed by atoms with Crippen LogP contribution in [0.25, 0.3) is 10.1 Å². The van der Waals surface area contributed by atoms with Crippen LogP contribution in [0.5, 0.6) is 0 Å². The molecule has 0 fully saturated rings. The van der Waals surface area contributed by atoms with Gasteiger partial charge in [0.05, 0.1) is 22.8 Å². The lowest BCUT2D eigenvalue weighted by Gasteiger charge is -2.03. The zero-order chi connectivity index (χ0) is 11.7. The minimum absolute atomic E-state index is 0.0411. The van der Waals surface area contributed by atoms with Crippen molar-refractivity contribution in [2.45, 2.75) is 6.54 Å². The monoisotopic (exact) mass is 243 g/mol. The second-order valence-corrected chi connectivity index (χ2v) is 4.61. The third-order valence-electron chi connectivity index (χ3n) is 2.56. The molecule has 0 bridgehead atoms. The average Bonchev–Trinajstić information content (AvgIpc) is 2.83. The van der Waals surface area contributed by atoms with Crippen LogP contribution in [0.1, 0.15) is 5.56 Å². The summed E-state index contributed by atoms with van der Waals surface area (Å²) in [5.74, 6) is 0. The molecule has 84 valence electrons. The fraction of sp³-hybridized carbons (Fsp3) is 0.0833. The van der Waals surface area contributed by atoms with Gasteiger partial charge in [-0.1, -0.05) is 0 Å². The van der Waals surface area contributed by atoms with Crippen LogP contribution in [0.4, 0.5) is 0 Å². The molecule has 0 aliphatic carbocycles. The molecule has 0 aliphatic heterocycles. The molecule has 17 heavy (non-hydrogen) atoms. The number of pyridine rings is 1. The highest BCUT2D eigenvalue weighted by atomic mass is 32.1. The van der Waals surface area contributed by atoms with E-state index in [4.69, 9.17) is 0 Å². The summed E-state index contributed by atoms with van der Waals surface area (Å²) >= 11 is 1.53. The largest absolute Gasteiger partial charge is 0.275 e. The second-order valence-electron chi connectivity index (χ2n) is 3.66. The Hall–Kier alpha value is -2.01. The summed E-state index contributed by atoms with van der Waals surface area (Å²) in [5.41, 5.74) is 0.977. The first-order valence-electron chi connectivity index (χ1n) is 5.17. The standard InChI is InChI=1S/C12H9N3OS/c16-12-10-3-6-17-11(10)7-14-15(12)8-9-1-4-13-5-2-9/h1-7H,8H2. The van der Waals surface area contributed by atoms with Gasteiger partial charge in [0.2, 0.25) is 0 Å². The van der Waals surface area contributed by atoms with Gasteiger partial charge < -0.3 is 0 Å². The Kier molecular flexibility index (Phi) is 2.45. The fourth-order valence-corrected chi connectivity index (χ4v) is 2.43. The van der Waals surface area contributed by atoms with E-state index >= 15 is 0 Å². The van der Waals surface area contributed by atoms with E-state index in [9.17, 15) is 4.79 Å². The van der Waals surface area contributed by atoms with Gasteiger partial charge in [0.15, 0.2) is 0 Å². The van der Waals surface area contributed by atoms with Crippen LogP contribution in [0.3, 0.4) is 0 Å². The molecule has 3 aromatic rings. The normalized spacial score (nSPS) is 10.8. The molecule has 0 radical (unpaired) electrons. The number of nitrogens with zero attached hydrogens (tertiary/aromatic N) is 3. The van der Waals surface area contributed by atoms with Crippen molar-refractivity contribution in [1.82, 2.24) is 14.8 Å². The Balaban J connectivity index is 2.07. The summed E-state index contributed by atoms with van der Waals surface area (Å²) in [6, 6.07) is 5.60. The lowest BCUT2D eigenvalue weighted by atomic mass is 10.3. The van der Waals surface area contributed by atoms with Crippen LogP contribution < -0.4 is 5.56 Å². The Labute approximate surface area is 101 Å². The minimum Gasteiger partial charge on any atom is -0.267 e. The Morgan fingerprint density at radius 3 is 2.88 bits per heavy atom. The molecule has 0 N–H and O–H groups in total. The van der Waals surface area contributed by atoms with Crippen molar-refractivity contribution in [3.63, 3.8) is 0 Å². The topological polar surface area (TPSA) is 47.8 Å². The molecular weight excluding hydrogens is 234 g/mol. The third kappa shape index (κ3) is 1.85. The molecule has 3 rings (SSSR count). The third-order valence-corrected chi connectivity index (χ3v) is 3.41. The summed E-state index contributed by atoms with van der Waals surface area (Å²) in [6.07, 6.45) is 5.16. The van der Waals surface area contributed by atoms with Crippen LogP contribution in [0.2, 0.25) is 0 Å². The zero-order valence-electron chi connectivity index (χ0n) is 8.91. The molecule has 0 aromatic carbocycles. The van der Waals surface area contributed by atoms with Gasteiger partial charge in [0.1, 0.15) is 0 Å². The van der Waals surface area contributed by atoms with Crippen molar-refractivity contribution in [2.24, 2.45) is 0 Å². The molecule has 0 saturated heterocycles. The van der Waals surface area contributed by atoms with Crippen molar-refractivity contribution >= 4 is 21.4 Å². The number of hydrogen-bond acceptors (Lipinski definition) is 4.